The lowest BCUT2D eigenvalue weighted by Crippen LogP contribution is -2.00. The third kappa shape index (κ3) is 7.12. The molecule has 0 aromatic carbocycles. The molecule has 0 saturated heterocycles. The molecule has 6 heteroatoms. The minimum atomic E-state index is 0.964. The molecule has 0 aliphatic heterocycles. The molecule has 0 spiro atoms. The van der Waals surface area contributed by atoms with Crippen molar-refractivity contribution in [3.8, 4) is 5.00 Å². The SMILES string of the molecule is CCCCCCCCCCCCNc1ncc(-n2cncn2)s1. The van der Waals surface area contributed by atoms with Gasteiger partial charge in [0.05, 0.1) is 6.20 Å². The Morgan fingerprint density at radius 1 is 1.00 bits per heavy atom. The van der Waals surface area contributed by atoms with Gasteiger partial charge >= 0.3 is 0 Å². The van der Waals surface area contributed by atoms with Crippen LogP contribution in [0.25, 0.3) is 5.00 Å². The molecule has 0 unspecified atom stereocenters. The molecule has 0 atom stereocenters. The molecule has 1 N–H and O–H groups in total. The van der Waals surface area contributed by atoms with Crippen molar-refractivity contribution in [3.63, 3.8) is 0 Å². The maximum atomic E-state index is 4.37. The van der Waals surface area contributed by atoms with Crippen LogP contribution in [0.1, 0.15) is 71.1 Å². The van der Waals surface area contributed by atoms with Crippen molar-refractivity contribution in [3.05, 3.63) is 18.9 Å². The predicted octanol–water partition coefficient (Wildman–Crippen LogP) is 5.06. The molecule has 0 aliphatic carbocycles. The highest BCUT2D eigenvalue weighted by atomic mass is 32.1. The van der Waals surface area contributed by atoms with Gasteiger partial charge in [0.2, 0.25) is 0 Å². The van der Waals surface area contributed by atoms with Crippen LogP contribution in [0.15, 0.2) is 18.9 Å². The Morgan fingerprint density at radius 3 is 2.35 bits per heavy atom. The van der Waals surface area contributed by atoms with Gasteiger partial charge in [0.25, 0.3) is 0 Å². The van der Waals surface area contributed by atoms with E-state index >= 15 is 0 Å². The zero-order valence-electron chi connectivity index (χ0n) is 14.2. The lowest BCUT2D eigenvalue weighted by Gasteiger charge is -2.03. The van der Waals surface area contributed by atoms with Crippen LogP contribution < -0.4 is 5.32 Å². The standard InChI is InChI=1S/C17H29N5S/c1-2-3-4-5-6-7-8-9-10-11-12-19-17-20-13-16(23-17)22-15-18-14-21-22/h13-15H,2-12H2,1H3,(H,19,20). The number of hydrogen-bond donors (Lipinski definition) is 1. The Kier molecular flexibility index (Phi) is 8.69. The Morgan fingerprint density at radius 2 is 1.70 bits per heavy atom. The maximum Gasteiger partial charge on any atom is 0.184 e. The van der Waals surface area contributed by atoms with Crippen molar-refractivity contribution < 1.29 is 0 Å². The Labute approximate surface area is 143 Å². The van der Waals surface area contributed by atoms with Gasteiger partial charge in [0.1, 0.15) is 17.7 Å². The van der Waals surface area contributed by atoms with E-state index in [1.54, 1.807) is 22.3 Å². The lowest BCUT2D eigenvalue weighted by atomic mass is 10.1. The summed E-state index contributed by atoms with van der Waals surface area (Å²) in [7, 11) is 0. The molecule has 2 aromatic rings. The van der Waals surface area contributed by atoms with Crippen molar-refractivity contribution in [2.75, 3.05) is 11.9 Å². The van der Waals surface area contributed by atoms with Gasteiger partial charge in [0.15, 0.2) is 5.13 Å². The van der Waals surface area contributed by atoms with E-state index in [0.717, 1.165) is 16.7 Å². The van der Waals surface area contributed by atoms with Crippen molar-refractivity contribution in [1.82, 2.24) is 19.7 Å². The first-order valence-electron chi connectivity index (χ1n) is 8.95. The summed E-state index contributed by atoms with van der Waals surface area (Å²) in [5, 5.41) is 9.47. The smallest absolute Gasteiger partial charge is 0.184 e. The third-order valence-electron chi connectivity index (χ3n) is 3.94. The fourth-order valence-corrected chi connectivity index (χ4v) is 3.35. The van der Waals surface area contributed by atoms with Gasteiger partial charge in [0, 0.05) is 6.54 Å². The topological polar surface area (TPSA) is 55.6 Å². The fourth-order valence-electron chi connectivity index (χ4n) is 2.58. The average molecular weight is 336 g/mol. The lowest BCUT2D eigenvalue weighted by molar-refractivity contribution is 0.560. The van der Waals surface area contributed by atoms with Gasteiger partial charge in [-0.1, -0.05) is 76.0 Å². The van der Waals surface area contributed by atoms with Gasteiger partial charge in [-0.3, -0.25) is 0 Å². The minimum absolute atomic E-state index is 0.964. The molecule has 2 aromatic heterocycles. The fraction of sp³-hybridized carbons (Fsp3) is 0.706. The number of anilines is 1. The van der Waals surface area contributed by atoms with E-state index in [9.17, 15) is 0 Å². The molecule has 23 heavy (non-hydrogen) atoms. The first-order chi connectivity index (χ1) is 11.4. The van der Waals surface area contributed by atoms with Gasteiger partial charge in [-0.15, -0.1) is 0 Å². The van der Waals surface area contributed by atoms with Crippen LogP contribution in [0.3, 0.4) is 0 Å². The predicted molar refractivity (Wildman–Crippen MR) is 97.4 cm³/mol. The molecule has 128 valence electrons. The molecule has 0 aliphatic rings. The Hall–Kier alpha value is -1.43. The van der Waals surface area contributed by atoms with E-state index < -0.39 is 0 Å². The van der Waals surface area contributed by atoms with Crippen LogP contribution in [-0.2, 0) is 0 Å². The number of thiazole rings is 1. The molecule has 0 saturated carbocycles. The van der Waals surface area contributed by atoms with Crippen LogP contribution in [0.4, 0.5) is 5.13 Å². The molecule has 2 heterocycles. The number of hydrogen-bond acceptors (Lipinski definition) is 5. The van der Waals surface area contributed by atoms with Crippen LogP contribution in [0.2, 0.25) is 0 Å². The Balaban J connectivity index is 1.45. The summed E-state index contributed by atoms with van der Waals surface area (Å²) in [4.78, 5) is 8.32. The summed E-state index contributed by atoms with van der Waals surface area (Å²) in [6, 6.07) is 0. The van der Waals surface area contributed by atoms with Gasteiger partial charge in [-0.05, 0) is 6.42 Å². The molecule has 0 bridgehead atoms. The van der Waals surface area contributed by atoms with Crippen molar-refractivity contribution in [2.24, 2.45) is 0 Å². The number of unbranched alkanes of at least 4 members (excludes halogenated alkanes) is 9. The molecule has 0 radical (unpaired) electrons. The van der Waals surface area contributed by atoms with Gasteiger partial charge in [-0.25, -0.2) is 14.6 Å². The highest BCUT2D eigenvalue weighted by Crippen LogP contribution is 2.21. The second-order valence-electron chi connectivity index (χ2n) is 5.95. The Bertz CT molecular complexity index is 509. The van der Waals surface area contributed by atoms with Crippen LogP contribution >= 0.6 is 11.3 Å². The molecular weight excluding hydrogens is 306 g/mol. The van der Waals surface area contributed by atoms with E-state index in [1.807, 2.05) is 6.20 Å². The number of nitrogens with one attached hydrogen (secondary N) is 1. The molecule has 2 rings (SSSR count). The summed E-state index contributed by atoms with van der Waals surface area (Å²) < 4.78 is 1.74. The average Bonchev–Trinajstić information content (AvgIpc) is 3.23. The second kappa shape index (κ2) is 11.2. The monoisotopic (exact) mass is 335 g/mol. The first kappa shape index (κ1) is 17.9. The largest absolute Gasteiger partial charge is 0.361 e. The van der Waals surface area contributed by atoms with Crippen molar-refractivity contribution in [2.45, 2.75) is 71.1 Å². The molecular formula is C17H29N5S. The first-order valence-corrected chi connectivity index (χ1v) is 9.76. The minimum Gasteiger partial charge on any atom is -0.361 e. The van der Waals surface area contributed by atoms with Crippen molar-refractivity contribution in [1.29, 1.82) is 0 Å². The highest BCUT2D eigenvalue weighted by molar-refractivity contribution is 7.17. The summed E-state index contributed by atoms with van der Waals surface area (Å²) >= 11 is 1.61. The van der Waals surface area contributed by atoms with Crippen LogP contribution in [-0.4, -0.2) is 26.3 Å². The van der Waals surface area contributed by atoms with E-state index in [0.29, 0.717) is 0 Å². The van der Waals surface area contributed by atoms with Crippen LogP contribution in [0, 0.1) is 0 Å². The van der Waals surface area contributed by atoms with Crippen LogP contribution in [0.5, 0.6) is 0 Å². The third-order valence-corrected chi connectivity index (χ3v) is 4.89. The number of rotatable bonds is 13. The molecule has 5 nitrogen and oxygen atoms in total. The van der Waals surface area contributed by atoms with E-state index in [1.165, 1.54) is 70.5 Å². The normalized spacial score (nSPS) is 11.0. The van der Waals surface area contributed by atoms with E-state index in [4.69, 9.17) is 0 Å². The number of aromatic nitrogens is 4. The maximum absolute atomic E-state index is 4.37. The summed E-state index contributed by atoms with van der Waals surface area (Å²) in [6.07, 6.45) is 18.8. The highest BCUT2D eigenvalue weighted by Gasteiger charge is 2.03. The van der Waals surface area contributed by atoms with Gasteiger partial charge < -0.3 is 5.32 Å². The van der Waals surface area contributed by atoms with E-state index in [2.05, 4.69) is 27.3 Å². The molecule has 0 amide bonds. The zero-order chi connectivity index (χ0) is 16.2. The number of nitrogens with zero attached hydrogens (tertiary/aromatic N) is 4. The zero-order valence-corrected chi connectivity index (χ0v) is 15.0. The summed E-state index contributed by atoms with van der Waals surface area (Å²) in [5.74, 6) is 0. The summed E-state index contributed by atoms with van der Waals surface area (Å²) in [5.41, 5.74) is 0. The quantitative estimate of drug-likeness (QED) is 0.520. The van der Waals surface area contributed by atoms with E-state index in [-0.39, 0.29) is 0 Å². The second-order valence-corrected chi connectivity index (χ2v) is 6.96. The van der Waals surface area contributed by atoms with Gasteiger partial charge in [-0.2, -0.15) is 5.10 Å². The summed E-state index contributed by atoms with van der Waals surface area (Å²) in [6.45, 7) is 3.27. The molecule has 0 fully saturated rings. The van der Waals surface area contributed by atoms with Crippen molar-refractivity contribution >= 4 is 16.5 Å².